The van der Waals surface area contributed by atoms with Gasteiger partial charge < -0.3 is 10.1 Å². The Balaban J connectivity index is 1.41. The molecular weight excluding hydrogens is 374 g/mol. The lowest BCUT2D eigenvalue weighted by Crippen LogP contribution is -2.20. The summed E-state index contributed by atoms with van der Waals surface area (Å²) in [6, 6.07) is 15.3. The molecule has 0 aliphatic rings. The van der Waals surface area contributed by atoms with Gasteiger partial charge in [0.25, 0.3) is 5.91 Å². The number of hydrogen-bond acceptors (Lipinski definition) is 6. The highest BCUT2D eigenvalue weighted by molar-refractivity contribution is 7.19. The average Bonchev–Trinajstić information content (AvgIpc) is 3.29. The summed E-state index contributed by atoms with van der Waals surface area (Å²) in [7, 11) is 0. The summed E-state index contributed by atoms with van der Waals surface area (Å²) in [6.45, 7) is 3.90. The maximum Gasteiger partial charge on any atom is 0.262 e. The summed E-state index contributed by atoms with van der Waals surface area (Å²) in [5, 5.41) is 16.3. The third kappa shape index (κ3) is 3.86. The number of amides is 1. The van der Waals surface area contributed by atoms with Crippen LogP contribution in [-0.4, -0.2) is 32.3 Å². The molecule has 2 heterocycles. The van der Waals surface area contributed by atoms with Gasteiger partial charge in [-0.3, -0.25) is 4.79 Å². The number of benzene rings is 2. The Labute approximate surface area is 166 Å². The fourth-order valence-electron chi connectivity index (χ4n) is 2.73. The van der Waals surface area contributed by atoms with Crippen molar-refractivity contribution in [1.82, 2.24) is 19.8 Å². The topological polar surface area (TPSA) is 81.4 Å². The van der Waals surface area contributed by atoms with Gasteiger partial charge in [0.1, 0.15) is 10.8 Å². The molecule has 8 heteroatoms. The summed E-state index contributed by atoms with van der Waals surface area (Å²) in [6.07, 6.45) is 0.970. The van der Waals surface area contributed by atoms with Crippen LogP contribution in [0.5, 0.6) is 5.75 Å². The number of carbonyl (C=O) groups excluding carboxylic acids is 1. The number of ether oxygens (including phenoxy) is 1. The van der Waals surface area contributed by atoms with Crippen molar-refractivity contribution in [2.24, 2.45) is 0 Å². The normalized spacial score (nSPS) is 10.9. The van der Waals surface area contributed by atoms with Crippen LogP contribution in [0.1, 0.15) is 18.3 Å². The summed E-state index contributed by atoms with van der Waals surface area (Å²) in [4.78, 5) is 13.0. The minimum absolute atomic E-state index is 0.0500. The highest BCUT2D eigenvalue weighted by atomic mass is 32.1. The van der Waals surface area contributed by atoms with Gasteiger partial charge in [-0.1, -0.05) is 42.5 Å². The molecule has 0 atom stereocenters. The highest BCUT2D eigenvalue weighted by Gasteiger charge is 2.11. The standard InChI is InChI=1S/C20H19N5O2S/c1-3-14-7-9-17(10-8-14)27-12-18(26)21-16-6-4-5-15(11-16)19-24-25-13(2)22-23-20(25)28-19/h4-11H,3,12H2,1-2H3,(H,21,26). The Hall–Kier alpha value is -3.26. The van der Waals surface area contributed by atoms with Crippen LogP contribution in [0.25, 0.3) is 15.5 Å². The van der Waals surface area contributed by atoms with E-state index < -0.39 is 0 Å². The van der Waals surface area contributed by atoms with Gasteiger partial charge in [-0.05, 0) is 43.2 Å². The van der Waals surface area contributed by atoms with Crippen LogP contribution >= 0.6 is 11.3 Å². The highest BCUT2D eigenvalue weighted by Crippen LogP contribution is 2.27. The monoisotopic (exact) mass is 393 g/mol. The molecule has 4 rings (SSSR count). The third-order valence-electron chi connectivity index (χ3n) is 4.24. The van der Waals surface area contributed by atoms with Crippen molar-refractivity contribution in [3.05, 3.63) is 59.9 Å². The van der Waals surface area contributed by atoms with Gasteiger partial charge in [0.05, 0.1) is 0 Å². The Morgan fingerprint density at radius 3 is 2.75 bits per heavy atom. The van der Waals surface area contributed by atoms with Crippen LogP contribution < -0.4 is 10.1 Å². The fourth-order valence-corrected chi connectivity index (χ4v) is 3.61. The molecule has 0 saturated heterocycles. The molecule has 0 bridgehead atoms. The maximum atomic E-state index is 12.2. The van der Waals surface area contributed by atoms with E-state index >= 15 is 0 Å². The number of hydrogen-bond donors (Lipinski definition) is 1. The minimum Gasteiger partial charge on any atom is -0.484 e. The van der Waals surface area contributed by atoms with E-state index in [1.54, 1.807) is 4.52 Å². The lowest BCUT2D eigenvalue weighted by atomic mass is 10.2. The van der Waals surface area contributed by atoms with Crippen LogP contribution in [0.3, 0.4) is 0 Å². The molecule has 7 nitrogen and oxygen atoms in total. The second kappa shape index (κ2) is 7.77. The van der Waals surface area contributed by atoms with E-state index in [1.807, 2.05) is 55.5 Å². The van der Waals surface area contributed by atoms with E-state index in [1.165, 1.54) is 16.9 Å². The number of aromatic nitrogens is 4. The van der Waals surface area contributed by atoms with Gasteiger partial charge in [0.15, 0.2) is 12.4 Å². The molecule has 0 fully saturated rings. The lowest BCUT2D eigenvalue weighted by molar-refractivity contribution is -0.118. The lowest BCUT2D eigenvalue weighted by Gasteiger charge is -2.08. The number of rotatable bonds is 6. The van der Waals surface area contributed by atoms with Gasteiger partial charge in [0, 0.05) is 11.3 Å². The average molecular weight is 393 g/mol. The van der Waals surface area contributed by atoms with Crippen molar-refractivity contribution in [3.63, 3.8) is 0 Å². The molecule has 0 aliphatic heterocycles. The Bertz CT molecular complexity index is 1120. The molecule has 28 heavy (non-hydrogen) atoms. The molecule has 1 amide bonds. The maximum absolute atomic E-state index is 12.2. The first-order valence-electron chi connectivity index (χ1n) is 8.93. The Morgan fingerprint density at radius 1 is 1.18 bits per heavy atom. The molecule has 2 aromatic heterocycles. The zero-order valence-electron chi connectivity index (χ0n) is 15.5. The van der Waals surface area contributed by atoms with Crippen molar-refractivity contribution in [2.75, 3.05) is 11.9 Å². The Morgan fingerprint density at radius 2 is 2.00 bits per heavy atom. The predicted octanol–water partition coefficient (Wildman–Crippen LogP) is 3.74. The van der Waals surface area contributed by atoms with Gasteiger partial charge in [-0.15, -0.1) is 10.2 Å². The summed E-state index contributed by atoms with van der Waals surface area (Å²) >= 11 is 1.45. The van der Waals surface area contributed by atoms with Crippen molar-refractivity contribution in [1.29, 1.82) is 0 Å². The van der Waals surface area contributed by atoms with E-state index in [4.69, 9.17) is 4.74 Å². The Kier molecular flexibility index (Phi) is 5.03. The van der Waals surface area contributed by atoms with Crippen LogP contribution in [0.2, 0.25) is 0 Å². The van der Waals surface area contributed by atoms with Crippen LogP contribution in [0.4, 0.5) is 5.69 Å². The zero-order chi connectivity index (χ0) is 19.5. The molecule has 2 aromatic carbocycles. The first-order valence-corrected chi connectivity index (χ1v) is 9.75. The van der Waals surface area contributed by atoms with E-state index in [9.17, 15) is 4.79 Å². The predicted molar refractivity (Wildman–Crippen MR) is 109 cm³/mol. The quantitative estimate of drug-likeness (QED) is 0.540. The zero-order valence-corrected chi connectivity index (χ0v) is 16.4. The van der Waals surface area contributed by atoms with Crippen LogP contribution in [0.15, 0.2) is 48.5 Å². The molecule has 0 radical (unpaired) electrons. The first-order chi connectivity index (χ1) is 13.6. The van der Waals surface area contributed by atoms with E-state index in [0.717, 1.165) is 27.8 Å². The largest absolute Gasteiger partial charge is 0.484 e. The smallest absolute Gasteiger partial charge is 0.262 e. The van der Waals surface area contributed by atoms with Gasteiger partial charge in [0.2, 0.25) is 4.96 Å². The van der Waals surface area contributed by atoms with Crippen LogP contribution in [-0.2, 0) is 11.2 Å². The summed E-state index contributed by atoms with van der Waals surface area (Å²) in [5.74, 6) is 1.20. The fraction of sp³-hybridized carbons (Fsp3) is 0.200. The molecular formula is C20H19N5O2S. The number of aryl methyl sites for hydroxylation is 2. The molecule has 0 spiro atoms. The van der Waals surface area contributed by atoms with E-state index in [2.05, 4.69) is 27.5 Å². The van der Waals surface area contributed by atoms with Gasteiger partial charge >= 0.3 is 0 Å². The first kappa shape index (κ1) is 18.1. The number of nitrogens with one attached hydrogen (secondary N) is 1. The summed E-state index contributed by atoms with van der Waals surface area (Å²) in [5.41, 5.74) is 2.83. The second-order valence-corrected chi connectivity index (χ2v) is 7.22. The van der Waals surface area contributed by atoms with Crippen molar-refractivity contribution in [2.45, 2.75) is 20.3 Å². The van der Waals surface area contributed by atoms with E-state index in [-0.39, 0.29) is 12.5 Å². The molecule has 4 aromatic rings. The number of nitrogens with zero attached hydrogens (tertiary/aromatic N) is 4. The van der Waals surface area contributed by atoms with Crippen molar-refractivity contribution >= 4 is 27.9 Å². The molecule has 142 valence electrons. The minimum atomic E-state index is -0.217. The molecule has 0 saturated carbocycles. The summed E-state index contributed by atoms with van der Waals surface area (Å²) < 4.78 is 7.27. The molecule has 0 aliphatic carbocycles. The molecule has 0 unspecified atom stereocenters. The second-order valence-electron chi connectivity index (χ2n) is 6.26. The SMILES string of the molecule is CCc1ccc(OCC(=O)Nc2cccc(-c3nn4c(C)nnc4s3)c2)cc1. The van der Waals surface area contributed by atoms with Gasteiger partial charge in [-0.25, -0.2) is 0 Å². The van der Waals surface area contributed by atoms with Crippen molar-refractivity contribution in [3.8, 4) is 16.3 Å². The van der Waals surface area contributed by atoms with Gasteiger partial charge in [-0.2, -0.15) is 9.61 Å². The molecule has 1 N–H and O–H groups in total. The van der Waals surface area contributed by atoms with Crippen LogP contribution in [0, 0.1) is 6.92 Å². The number of anilines is 1. The number of fused-ring (bicyclic) bond motifs is 1. The third-order valence-corrected chi connectivity index (χ3v) is 5.19. The van der Waals surface area contributed by atoms with E-state index in [0.29, 0.717) is 11.4 Å². The van der Waals surface area contributed by atoms with Crippen molar-refractivity contribution < 1.29 is 9.53 Å². The number of carbonyl (C=O) groups is 1.